The number of pyridine rings is 1. The molecule has 4 rings (SSSR count). The van der Waals surface area contributed by atoms with Crippen molar-refractivity contribution in [1.82, 2.24) is 19.7 Å². The summed E-state index contributed by atoms with van der Waals surface area (Å²) >= 11 is 0. The summed E-state index contributed by atoms with van der Waals surface area (Å²) < 4.78 is 13.4. The molecule has 6 heteroatoms. The minimum atomic E-state index is 0.392. The van der Waals surface area contributed by atoms with E-state index in [0.717, 1.165) is 42.3 Å². The Morgan fingerprint density at radius 1 is 1.21 bits per heavy atom. The van der Waals surface area contributed by atoms with Crippen LogP contribution in [0.3, 0.4) is 0 Å². The summed E-state index contributed by atoms with van der Waals surface area (Å²) in [5.41, 5.74) is 3.32. The normalized spacial score (nSPS) is 17.0. The van der Waals surface area contributed by atoms with E-state index in [9.17, 15) is 0 Å². The van der Waals surface area contributed by atoms with Crippen molar-refractivity contribution in [1.29, 1.82) is 0 Å². The highest BCUT2D eigenvalue weighted by molar-refractivity contribution is 5.40. The van der Waals surface area contributed by atoms with Gasteiger partial charge in [-0.3, -0.25) is 14.6 Å². The molecule has 146 valence electrons. The van der Waals surface area contributed by atoms with Gasteiger partial charge < -0.3 is 9.47 Å². The number of hydrogen-bond donors (Lipinski definition) is 0. The Hall–Kier alpha value is -2.86. The van der Waals surface area contributed by atoms with Gasteiger partial charge in [0.2, 0.25) is 0 Å². The van der Waals surface area contributed by atoms with Crippen molar-refractivity contribution in [2.45, 2.75) is 32.0 Å². The van der Waals surface area contributed by atoms with Crippen LogP contribution >= 0.6 is 0 Å². The molecule has 3 aromatic rings. The number of hydrogen-bond acceptors (Lipinski definition) is 5. The third-order valence-electron chi connectivity index (χ3n) is 5.22. The zero-order valence-electron chi connectivity index (χ0n) is 16.4. The van der Waals surface area contributed by atoms with E-state index in [0.29, 0.717) is 12.6 Å². The van der Waals surface area contributed by atoms with Gasteiger partial charge in [-0.25, -0.2) is 0 Å². The molecule has 0 saturated carbocycles. The molecular weight excluding hydrogens is 352 g/mol. The van der Waals surface area contributed by atoms with Crippen molar-refractivity contribution < 1.29 is 9.47 Å². The Morgan fingerprint density at radius 2 is 2.14 bits per heavy atom. The minimum Gasteiger partial charge on any atom is -0.497 e. The number of benzene rings is 1. The predicted molar refractivity (Wildman–Crippen MR) is 107 cm³/mol. The summed E-state index contributed by atoms with van der Waals surface area (Å²) in [6, 6.07) is 12.3. The maximum atomic E-state index is 6.12. The summed E-state index contributed by atoms with van der Waals surface area (Å²) in [5.74, 6) is 1.72. The smallest absolute Gasteiger partial charge is 0.130 e. The number of ether oxygens (including phenoxy) is 2. The SMILES string of the molecule is COc1ccc(OCc2ccccn2)c(CN2CCCC2c2cnn(C)c2)c1. The highest BCUT2D eigenvalue weighted by atomic mass is 16.5. The van der Waals surface area contributed by atoms with E-state index in [1.807, 2.05) is 48.3 Å². The van der Waals surface area contributed by atoms with Crippen LogP contribution in [-0.4, -0.2) is 33.3 Å². The van der Waals surface area contributed by atoms with E-state index in [-0.39, 0.29) is 0 Å². The molecule has 3 heterocycles. The first-order valence-electron chi connectivity index (χ1n) is 9.65. The Morgan fingerprint density at radius 3 is 2.89 bits per heavy atom. The lowest BCUT2D eigenvalue weighted by molar-refractivity contribution is 0.237. The number of aromatic nitrogens is 3. The van der Waals surface area contributed by atoms with Crippen molar-refractivity contribution in [3.63, 3.8) is 0 Å². The Labute approximate surface area is 165 Å². The van der Waals surface area contributed by atoms with Crippen LogP contribution in [0.2, 0.25) is 0 Å². The van der Waals surface area contributed by atoms with E-state index in [4.69, 9.17) is 9.47 Å². The molecule has 1 atom stereocenters. The van der Waals surface area contributed by atoms with Gasteiger partial charge in [0.25, 0.3) is 0 Å². The Balaban J connectivity index is 1.53. The first-order chi connectivity index (χ1) is 13.7. The number of methoxy groups -OCH3 is 1. The molecule has 2 aromatic heterocycles. The van der Waals surface area contributed by atoms with E-state index in [2.05, 4.69) is 27.2 Å². The van der Waals surface area contributed by atoms with E-state index in [1.165, 1.54) is 12.0 Å². The zero-order chi connectivity index (χ0) is 19.3. The maximum absolute atomic E-state index is 6.12. The highest BCUT2D eigenvalue weighted by Gasteiger charge is 2.27. The molecule has 6 nitrogen and oxygen atoms in total. The molecule has 28 heavy (non-hydrogen) atoms. The second-order valence-corrected chi connectivity index (χ2v) is 7.16. The summed E-state index contributed by atoms with van der Waals surface area (Å²) in [6.07, 6.45) is 8.23. The number of aryl methyl sites for hydroxylation is 1. The molecule has 1 saturated heterocycles. The fourth-order valence-electron chi connectivity index (χ4n) is 3.81. The third kappa shape index (κ3) is 4.17. The number of rotatable bonds is 7. The first-order valence-corrected chi connectivity index (χ1v) is 9.65. The molecule has 0 spiro atoms. The van der Waals surface area contributed by atoms with Crippen LogP contribution < -0.4 is 9.47 Å². The van der Waals surface area contributed by atoms with Gasteiger partial charge in [-0.2, -0.15) is 5.10 Å². The fourth-order valence-corrected chi connectivity index (χ4v) is 3.81. The van der Waals surface area contributed by atoms with Crippen LogP contribution in [0.1, 0.15) is 35.7 Å². The van der Waals surface area contributed by atoms with Gasteiger partial charge in [0.05, 0.1) is 19.0 Å². The Kier molecular flexibility index (Phi) is 5.58. The molecule has 0 amide bonds. The topological polar surface area (TPSA) is 52.4 Å². The zero-order valence-corrected chi connectivity index (χ0v) is 16.4. The van der Waals surface area contributed by atoms with Crippen LogP contribution in [0.5, 0.6) is 11.5 Å². The molecule has 0 N–H and O–H groups in total. The van der Waals surface area contributed by atoms with Crippen molar-refractivity contribution in [2.75, 3.05) is 13.7 Å². The average molecular weight is 378 g/mol. The molecule has 0 aliphatic carbocycles. The van der Waals surface area contributed by atoms with Gasteiger partial charge in [-0.15, -0.1) is 0 Å². The van der Waals surface area contributed by atoms with Crippen molar-refractivity contribution in [2.24, 2.45) is 7.05 Å². The van der Waals surface area contributed by atoms with Gasteiger partial charge in [0.15, 0.2) is 0 Å². The quantitative estimate of drug-likeness (QED) is 0.627. The largest absolute Gasteiger partial charge is 0.497 e. The van der Waals surface area contributed by atoms with Gasteiger partial charge >= 0.3 is 0 Å². The van der Waals surface area contributed by atoms with Crippen molar-refractivity contribution >= 4 is 0 Å². The van der Waals surface area contributed by atoms with Crippen LogP contribution in [0.4, 0.5) is 0 Å². The van der Waals surface area contributed by atoms with Crippen LogP contribution in [-0.2, 0) is 20.2 Å². The highest BCUT2D eigenvalue weighted by Crippen LogP contribution is 2.35. The summed E-state index contributed by atoms with van der Waals surface area (Å²) in [6.45, 7) is 2.33. The molecular formula is C22H26N4O2. The fraction of sp³-hybridized carbons (Fsp3) is 0.364. The molecule has 1 fully saturated rings. The lowest BCUT2D eigenvalue weighted by atomic mass is 10.1. The van der Waals surface area contributed by atoms with Crippen LogP contribution in [0.25, 0.3) is 0 Å². The molecule has 0 bridgehead atoms. The summed E-state index contributed by atoms with van der Waals surface area (Å²) in [4.78, 5) is 6.84. The lowest BCUT2D eigenvalue weighted by Gasteiger charge is -2.25. The molecule has 0 radical (unpaired) electrons. The first kappa shape index (κ1) is 18.5. The van der Waals surface area contributed by atoms with Crippen LogP contribution in [0.15, 0.2) is 55.0 Å². The van der Waals surface area contributed by atoms with Gasteiger partial charge in [0.1, 0.15) is 18.1 Å². The monoisotopic (exact) mass is 378 g/mol. The standard InChI is InChI=1S/C22H26N4O2/c1-25-14-18(13-24-25)21-7-5-11-26(21)15-17-12-20(27-2)8-9-22(17)28-16-19-6-3-4-10-23-19/h3-4,6,8-10,12-14,21H,5,7,11,15-16H2,1-2H3. The van der Waals surface area contributed by atoms with E-state index >= 15 is 0 Å². The third-order valence-corrected chi connectivity index (χ3v) is 5.22. The van der Waals surface area contributed by atoms with Gasteiger partial charge in [0, 0.05) is 43.2 Å². The second kappa shape index (κ2) is 8.44. The lowest BCUT2D eigenvalue weighted by Crippen LogP contribution is -2.23. The van der Waals surface area contributed by atoms with Gasteiger partial charge in [-0.05, 0) is 49.7 Å². The molecule has 1 aromatic carbocycles. The Bertz CT molecular complexity index is 910. The van der Waals surface area contributed by atoms with Crippen molar-refractivity contribution in [3.05, 3.63) is 71.8 Å². The second-order valence-electron chi connectivity index (χ2n) is 7.16. The average Bonchev–Trinajstić information content (AvgIpc) is 3.36. The maximum Gasteiger partial charge on any atom is 0.130 e. The van der Waals surface area contributed by atoms with Crippen molar-refractivity contribution in [3.8, 4) is 11.5 Å². The summed E-state index contributed by atoms with van der Waals surface area (Å²) in [5, 5.41) is 4.35. The molecule has 1 unspecified atom stereocenters. The van der Waals surface area contributed by atoms with Crippen LogP contribution in [0, 0.1) is 0 Å². The predicted octanol–water partition coefficient (Wildman–Crippen LogP) is 3.74. The number of nitrogens with zero attached hydrogens (tertiary/aromatic N) is 4. The number of likely N-dealkylation sites (tertiary alicyclic amines) is 1. The molecule has 1 aliphatic rings. The molecule has 1 aliphatic heterocycles. The van der Waals surface area contributed by atoms with E-state index < -0.39 is 0 Å². The summed E-state index contributed by atoms with van der Waals surface area (Å²) in [7, 11) is 3.66. The minimum absolute atomic E-state index is 0.392. The van der Waals surface area contributed by atoms with E-state index in [1.54, 1.807) is 13.3 Å². The van der Waals surface area contributed by atoms with Gasteiger partial charge in [-0.1, -0.05) is 6.07 Å².